The molecule has 5 heteroatoms. The van der Waals surface area contributed by atoms with E-state index in [1.54, 1.807) is 6.08 Å². The van der Waals surface area contributed by atoms with E-state index < -0.39 is 12.1 Å². The minimum absolute atomic E-state index is 0.0172. The van der Waals surface area contributed by atoms with Crippen LogP contribution < -0.4 is 5.32 Å². The number of esters is 1. The molecule has 372 valence electrons. The molecule has 2 N–H and O–H groups in total. The number of nitrogens with one attached hydrogen (secondary N) is 1. The molecule has 0 fully saturated rings. The van der Waals surface area contributed by atoms with E-state index in [0.717, 1.165) is 38.5 Å². The van der Waals surface area contributed by atoms with E-state index >= 15 is 0 Å². The van der Waals surface area contributed by atoms with Gasteiger partial charge in [0.2, 0.25) is 5.91 Å². The van der Waals surface area contributed by atoms with Crippen molar-refractivity contribution in [2.45, 2.75) is 328 Å². The van der Waals surface area contributed by atoms with Crippen LogP contribution in [0.1, 0.15) is 316 Å². The Bertz CT molecular complexity index is 978. The van der Waals surface area contributed by atoms with Crippen LogP contribution in [0, 0.1) is 0 Å². The number of hydrogen-bond donors (Lipinski definition) is 2. The second-order valence-electron chi connectivity index (χ2n) is 19.5. The smallest absolute Gasteiger partial charge is 0.305 e. The molecular weight excluding hydrogens is 775 g/mol. The molecule has 0 radical (unpaired) electrons. The predicted octanol–water partition coefficient (Wildman–Crippen LogP) is 18.5. The van der Waals surface area contributed by atoms with Crippen LogP contribution in [0.25, 0.3) is 0 Å². The normalized spacial score (nSPS) is 12.8. The standard InChI is InChI=1S/C58H111NO4/c1-4-7-10-13-16-19-22-25-26-27-28-29-30-31-32-35-37-40-43-46-49-52-57(61)59-55(56(60)51-48-45-42-39-36-33-23-20-17-14-11-8-5-2)54-63-58(62)53-50-47-44-41-38-34-24-21-18-15-12-9-6-3/h25-26,48,51,55-56,60H,4-24,27-47,49-50,52-54H2,1-3H3,(H,59,61)/b26-25-,51-48+/t55-,56+/m0/s1. The van der Waals surface area contributed by atoms with E-state index in [9.17, 15) is 14.7 Å². The number of rotatable bonds is 52. The summed E-state index contributed by atoms with van der Waals surface area (Å²) in [6.45, 7) is 6.85. The molecule has 0 spiro atoms. The molecule has 0 unspecified atom stereocenters. The number of amides is 1. The van der Waals surface area contributed by atoms with Crippen molar-refractivity contribution in [3.8, 4) is 0 Å². The molecular formula is C58H111NO4. The fourth-order valence-corrected chi connectivity index (χ4v) is 8.76. The molecule has 0 rings (SSSR count). The molecule has 1 amide bonds. The molecule has 0 heterocycles. The SMILES string of the molecule is CCCCCCCC/C=C\CCCCCCCCCCCCCC(=O)N[C@@H](COC(=O)CCCCCCCCCCCCCCC)[C@H](O)/C=C/CCCCCCCCCCCCC. The van der Waals surface area contributed by atoms with Crippen LogP contribution in [0.5, 0.6) is 0 Å². The third kappa shape index (κ3) is 49.7. The van der Waals surface area contributed by atoms with Gasteiger partial charge in [0.15, 0.2) is 0 Å². The van der Waals surface area contributed by atoms with Crippen LogP contribution in [0.3, 0.4) is 0 Å². The summed E-state index contributed by atoms with van der Waals surface area (Å²) in [6.07, 6.45) is 65.1. The third-order valence-corrected chi connectivity index (χ3v) is 13.1. The van der Waals surface area contributed by atoms with Crippen LogP contribution in [0.15, 0.2) is 24.3 Å². The Morgan fingerprint density at radius 2 is 0.683 bits per heavy atom. The van der Waals surface area contributed by atoms with Gasteiger partial charge in [-0.05, 0) is 51.4 Å². The Kier molecular flexibility index (Phi) is 51.6. The molecule has 5 nitrogen and oxygen atoms in total. The van der Waals surface area contributed by atoms with Crippen molar-refractivity contribution in [3.05, 3.63) is 24.3 Å². The number of allylic oxidation sites excluding steroid dienone is 3. The Morgan fingerprint density at radius 1 is 0.397 bits per heavy atom. The summed E-state index contributed by atoms with van der Waals surface area (Å²) in [5, 5.41) is 14.1. The summed E-state index contributed by atoms with van der Waals surface area (Å²) in [5.41, 5.74) is 0. The first-order valence-corrected chi connectivity index (χ1v) is 28.5. The number of aliphatic hydroxyl groups excluding tert-OH is 1. The van der Waals surface area contributed by atoms with Gasteiger partial charge in [0.1, 0.15) is 6.61 Å². The number of carbonyl (C=O) groups excluding carboxylic acids is 2. The van der Waals surface area contributed by atoms with E-state index in [2.05, 4.69) is 38.2 Å². The second kappa shape index (κ2) is 53.0. The van der Waals surface area contributed by atoms with Crippen LogP contribution in [-0.2, 0) is 14.3 Å². The van der Waals surface area contributed by atoms with Gasteiger partial charge in [0.25, 0.3) is 0 Å². The van der Waals surface area contributed by atoms with Crippen molar-refractivity contribution < 1.29 is 19.4 Å². The lowest BCUT2D eigenvalue weighted by Gasteiger charge is -2.22. The van der Waals surface area contributed by atoms with Crippen molar-refractivity contribution in [3.63, 3.8) is 0 Å². The first-order valence-electron chi connectivity index (χ1n) is 28.5. The topological polar surface area (TPSA) is 75.6 Å². The van der Waals surface area contributed by atoms with Crippen LogP contribution in [0.2, 0.25) is 0 Å². The Labute approximate surface area is 394 Å². The summed E-state index contributed by atoms with van der Waals surface area (Å²) in [4.78, 5) is 25.7. The van der Waals surface area contributed by atoms with Gasteiger partial charge >= 0.3 is 5.97 Å². The summed E-state index contributed by atoms with van der Waals surface area (Å²) in [5.74, 6) is -0.283. The molecule has 0 aliphatic rings. The summed E-state index contributed by atoms with van der Waals surface area (Å²) in [6, 6.07) is -0.618. The van der Waals surface area contributed by atoms with Gasteiger partial charge in [-0.25, -0.2) is 0 Å². The van der Waals surface area contributed by atoms with Crippen LogP contribution in [-0.4, -0.2) is 35.7 Å². The minimum Gasteiger partial charge on any atom is -0.463 e. The highest BCUT2D eigenvalue weighted by atomic mass is 16.5. The average molecular weight is 887 g/mol. The van der Waals surface area contributed by atoms with E-state index in [4.69, 9.17) is 4.74 Å². The number of unbranched alkanes of at least 4 members (excludes halogenated alkanes) is 40. The van der Waals surface area contributed by atoms with Crippen LogP contribution in [0.4, 0.5) is 0 Å². The molecule has 0 saturated heterocycles. The van der Waals surface area contributed by atoms with Crippen molar-refractivity contribution in [2.75, 3.05) is 6.61 Å². The zero-order valence-electron chi connectivity index (χ0n) is 42.9. The summed E-state index contributed by atoms with van der Waals surface area (Å²) < 4.78 is 5.65. The highest BCUT2D eigenvalue weighted by Crippen LogP contribution is 2.16. The number of carbonyl (C=O) groups is 2. The van der Waals surface area contributed by atoms with Crippen molar-refractivity contribution in [2.24, 2.45) is 0 Å². The van der Waals surface area contributed by atoms with Gasteiger partial charge in [-0.1, -0.05) is 276 Å². The maximum absolute atomic E-state index is 13.0. The van der Waals surface area contributed by atoms with Gasteiger partial charge < -0.3 is 15.2 Å². The number of hydrogen-bond acceptors (Lipinski definition) is 4. The van der Waals surface area contributed by atoms with Crippen molar-refractivity contribution in [1.29, 1.82) is 0 Å². The largest absolute Gasteiger partial charge is 0.463 e. The summed E-state index contributed by atoms with van der Waals surface area (Å²) >= 11 is 0. The van der Waals surface area contributed by atoms with Gasteiger partial charge in [-0.3, -0.25) is 9.59 Å². The Balaban J connectivity index is 4.31. The monoisotopic (exact) mass is 886 g/mol. The average Bonchev–Trinajstić information content (AvgIpc) is 3.28. The van der Waals surface area contributed by atoms with Gasteiger partial charge in [-0.2, -0.15) is 0 Å². The molecule has 0 saturated carbocycles. The Hall–Kier alpha value is -1.62. The fourth-order valence-electron chi connectivity index (χ4n) is 8.76. The van der Waals surface area contributed by atoms with Crippen molar-refractivity contribution in [1.82, 2.24) is 5.32 Å². The molecule has 0 aliphatic heterocycles. The Morgan fingerprint density at radius 3 is 1.03 bits per heavy atom. The molecule has 0 aromatic heterocycles. The molecule has 0 aliphatic carbocycles. The zero-order chi connectivity index (χ0) is 45.8. The van der Waals surface area contributed by atoms with Crippen LogP contribution >= 0.6 is 0 Å². The van der Waals surface area contributed by atoms with E-state index in [1.165, 1.54) is 244 Å². The molecule has 0 bridgehead atoms. The zero-order valence-corrected chi connectivity index (χ0v) is 42.9. The lowest BCUT2D eigenvalue weighted by Crippen LogP contribution is -2.46. The lowest BCUT2D eigenvalue weighted by molar-refractivity contribution is -0.146. The summed E-state index contributed by atoms with van der Waals surface area (Å²) in [7, 11) is 0. The predicted molar refractivity (Wildman–Crippen MR) is 277 cm³/mol. The maximum Gasteiger partial charge on any atom is 0.305 e. The number of ether oxygens (including phenoxy) is 1. The van der Waals surface area contributed by atoms with Gasteiger partial charge in [-0.15, -0.1) is 0 Å². The highest BCUT2D eigenvalue weighted by molar-refractivity contribution is 5.76. The fraction of sp³-hybridized carbons (Fsp3) is 0.897. The number of aliphatic hydroxyl groups is 1. The lowest BCUT2D eigenvalue weighted by atomic mass is 10.0. The highest BCUT2D eigenvalue weighted by Gasteiger charge is 2.21. The minimum atomic E-state index is -0.873. The van der Waals surface area contributed by atoms with Gasteiger partial charge in [0, 0.05) is 12.8 Å². The first-order chi connectivity index (χ1) is 31.0. The maximum atomic E-state index is 13.0. The quantitative estimate of drug-likeness (QED) is 0.0362. The van der Waals surface area contributed by atoms with Crippen molar-refractivity contribution >= 4 is 11.9 Å². The second-order valence-corrected chi connectivity index (χ2v) is 19.5. The molecule has 2 atom stereocenters. The first kappa shape index (κ1) is 61.4. The molecule has 0 aromatic carbocycles. The molecule has 63 heavy (non-hydrogen) atoms. The molecule has 0 aromatic rings. The van der Waals surface area contributed by atoms with E-state index in [-0.39, 0.29) is 18.5 Å². The van der Waals surface area contributed by atoms with E-state index in [0.29, 0.717) is 12.8 Å². The van der Waals surface area contributed by atoms with Gasteiger partial charge in [0.05, 0.1) is 12.1 Å². The van der Waals surface area contributed by atoms with E-state index in [1.807, 2.05) is 6.08 Å². The third-order valence-electron chi connectivity index (χ3n) is 13.1.